The summed E-state index contributed by atoms with van der Waals surface area (Å²) in [4.78, 5) is 6.72. The van der Waals surface area contributed by atoms with Crippen LogP contribution in [0.4, 0.5) is 0 Å². The molecule has 0 bridgehead atoms. The van der Waals surface area contributed by atoms with Crippen molar-refractivity contribution in [3.05, 3.63) is 59.9 Å². The van der Waals surface area contributed by atoms with E-state index in [1.54, 1.807) is 13.3 Å². The Bertz CT molecular complexity index is 707. The lowest BCUT2D eigenvalue weighted by molar-refractivity contribution is -0.0891. The number of methoxy groups -OCH3 is 1. The van der Waals surface area contributed by atoms with E-state index in [1.807, 2.05) is 24.4 Å². The van der Waals surface area contributed by atoms with E-state index in [1.165, 1.54) is 18.4 Å². The van der Waals surface area contributed by atoms with Crippen molar-refractivity contribution in [3.63, 3.8) is 0 Å². The molecule has 1 saturated heterocycles. The maximum atomic E-state index is 6.17. The van der Waals surface area contributed by atoms with E-state index in [0.29, 0.717) is 18.6 Å². The van der Waals surface area contributed by atoms with Gasteiger partial charge in [0.1, 0.15) is 5.75 Å². The second-order valence-corrected chi connectivity index (χ2v) is 7.44. The van der Waals surface area contributed by atoms with Gasteiger partial charge in [0, 0.05) is 37.4 Å². The quantitative estimate of drug-likeness (QED) is 0.750. The van der Waals surface area contributed by atoms with Gasteiger partial charge in [0.25, 0.3) is 0 Å². The largest absolute Gasteiger partial charge is 0.497 e. The summed E-state index contributed by atoms with van der Waals surface area (Å²) in [6, 6.07) is 12.9. The molecular formula is C22H28N2O3. The van der Waals surface area contributed by atoms with E-state index in [9.17, 15) is 0 Å². The highest BCUT2D eigenvalue weighted by Crippen LogP contribution is 2.35. The molecule has 0 N–H and O–H groups in total. The second kappa shape index (κ2) is 8.83. The molecule has 0 spiro atoms. The highest BCUT2D eigenvalue weighted by Gasteiger charge is 2.42. The van der Waals surface area contributed by atoms with Crippen LogP contribution >= 0.6 is 0 Å². The Hall–Kier alpha value is -1.95. The first kappa shape index (κ1) is 18.4. The highest BCUT2D eigenvalue weighted by molar-refractivity contribution is 5.27. The molecule has 1 aliphatic heterocycles. The maximum Gasteiger partial charge on any atom is 0.118 e. The first-order valence-corrected chi connectivity index (χ1v) is 9.79. The Morgan fingerprint density at radius 2 is 2.04 bits per heavy atom. The summed E-state index contributed by atoms with van der Waals surface area (Å²) >= 11 is 0. The topological polar surface area (TPSA) is 43.8 Å². The number of hydrogen-bond donors (Lipinski definition) is 0. The van der Waals surface area contributed by atoms with Crippen LogP contribution < -0.4 is 4.74 Å². The third-order valence-electron chi connectivity index (χ3n) is 5.70. The van der Waals surface area contributed by atoms with Gasteiger partial charge in [0.05, 0.1) is 33.0 Å². The van der Waals surface area contributed by atoms with Gasteiger partial charge in [-0.2, -0.15) is 0 Å². The lowest BCUT2D eigenvalue weighted by Crippen LogP contribution is -2.50. The van der Waals surface area contributed by atoms with Crippen LogP contribution in [0, 0.1) is 5.92 Å². The lowest BCUT2D eigenvalue weighted by atomic mass is 10.0. The zero-order valence-corrected chi connectivity index (χ0v) is 15.9. The molecule has 0 unspecified atom stereocenters. The van der Waals surface area contributed by atoms with Crippen LogP contribution in [0.3, 0.4) is 0 Å². The molecule has 27 heavy (non-hydrogen) atoms. The van der Waals surface area contributed by atoms with Crippen LogP contribution in [0.25, 0.3) is 0 Å². The summed E-state index contributed by atoms with van der Waals surface area (Å²) in [5.74, 6) is 1.38. The van der Waals surface area contributed by atoms with Gasteiger partial charge in [0.2, 0.25) is 0 Å². The summed E-state index contributed by atoms with van der Waals surface area (Å²) in [6.45, 7) is 4.15. The minimum atomic E-state index is 0.283. The van der Waals surface area contributed by atoms with E-state index in [0.717, 1.165) is 37.6 Å². The van der Waals surface area contributed by atoms with Crippen molar-refractivity contribution in [2.24, 2.45) is 5.92 Å². The Kier molecular flexibility index (Phi) is 6.02. The van der Waals surface area contributed by atoms with Crippen LogP contribution in [0.5, 0.6) is 5.75 Å². The summed E-state index contributed by atoms with van der Waals surface area (Å²) < 4.78 is 17.4. The van der Waals surface area contributed by atoms with Crippen molar-refractivity contribution < 1.29 is 14.2 Å². The monoisotopic (exact) mass is 368 g/mol. The number of morpholine rings is 1. The molecule has 5 heteroatoms. The normalized spacial score (nSPS) is 25.3. The fraction of sp³-hybridized carbons (Fsp3) is 0.500. The molecule has 2 aliphatic rings. The Balaban J connectivity index is 1.31. The Morgan fingerprint density at radius 1 is 1.15 bits per heavy atom. The van der Waals surface area contributed by atoms with Crippen LogP contribution in [0.1, 0.15) is 24.0 Å². The first-order valence-electron chi connectivity index (χ1n) is 9.79. The van der Waals surface area contributed by atoms with Crippen LogP contribution in [-0.4, -0.2) is 48.9 Å². The van der Waals surface area contributed by atoms with Gasteiger partial charge < -0.3 is 14.2 Å². The molecule has 1 saturated carbocycles. The number of pyridine rings is 1. The predicted octanol–water partition coefficient (Wildman–Crippen LogP) is 3.29. The molecule has 1 aromatic carbocycles. The van der Waals surface area contributed by atoms with Gasteiger partial charge in [-0.15, -0.1) is 0 Å². The predicted molar refractivity (Wildman–Crippen MR) is 104 cm³/mol. The van der Waals surface area contributed by atoms with Crippen molar-refractivity contribution in [1.29, 1.82) is 0 Å². The summed E-state index contributed by atoms with van der Waals surface area (Å²) in [7, 11) is 1.70. The molecule has 3 atom stereocenters. The first-order chi connectivity index (χ1) is 13.3. The standard InChI is InChI=1S/C22H28N2O3/c1-25-20-7-4-17(5-8-20)14-24-11-12-27-22-19(6-9-21(22)24)16-26-15-18-3-2-10-23-13-18/h2-5,7-8,10,13,19,21-22H,6,9,11-12,14-16H2,1H3/t19-,21+,22-/m1/s1. The van der Waals surface area contributed by atoms with Gasteiger partial charge in [-0.1, -0.05) is 18.2 Å². The zero-order chi connectivity index (χ0) is 18.5. The molecule has 0 amide bonds. The smallest absolute Gasteiger partial charge is 0.118 e. The molecule has 2 aromatic rings. The fourth-order valence-electron chi connectivity index (χ4n) is 4.29. The van der Waals surface area contributed by atoms with E-state index >= 15 is 0 Å². The van der Waals surface area contributed by atoms with Crippen molar-refractivity contribution in [2.75, 3.05) is 26.9 Å². The fourth-order valence-corrected chi connectivity index (χ4v) is 4.29. The minimum Gasteiger partial charge on any atom is -0.497 e. The summed E-state index contributed by atoms with van der Waals surface area (Å²) in [6.07, 6.45) is 6.29. The van der Waals surface area contributed by atoms with Gasteiger partial charge in [0.15, 0.2) is 0 Å². The summed E-state index contributed by atoms with van der Waals surface area (Å²) in [5.41, 5.74) is 2.45. The SMILES string of the molecule is COc1ccc(CN2CCO[C@@H]3[C@@H](COCc4cccnc4)CC[C@@H]32)cc1. The number of benzene rings is 1. The molecule has 5 nitrogen and oxygen atoms in total. The van der Waals surface area contributed by atoms with Gasteiger partial charge >= 0.3 is 0 Å². The molecule has 144 valence electrons. The van der Waals surface area contributed by atoms with Gasteiger partial charge in [-0.3, -0.25) is 9.88 Å². The van der Waals surface area contributed by atoms with E-state index in [4.69, 9.17) is 14.2 Å². The second-order valence-electron chi connectivity index (χ2n) is 7.44. The van der Waals surface area contributed by atoms with Crippen molar-refractivity contribution in [2.45, 2.75) is 38.1 Å². The zero-order valence-electron chi connectivity index (χ0n) is 15.9. The van der Waals surface area contributed by atoms with E-state index in [-0.39, 0.29) is 6.10 Å². The van der Waals surface area contributed by atoms with Crippen LogP contribution in [0.15, 0.2) is 48.8 Å². The average molecular weight is 368 g/mol. The molecule has 0 radical (unpaired) electrons. The minimum absolute atomic E-state index is 0.283. The Labute approximate surface area is 161 Å². The van der Waals surface area contributed by atoms with Gasteiger partial charge in [-0.05, 0) is 42.2 Å². The van der Waals surface area contributed by atoms with Crippen LogP contribution in [-0.2, 0) is 22.6 Å². The third-order valence-corrected chi connectivity index (χ3v) is 5.70. The maximum absolute atomic E-state index is 6.17. The number of nitrogens with zero attached hydrogens (tertiary/aromatic N) is 2. The molecule has 2 fully saturated rings. The van der Waals surface area contributed by atoms with Gasteiger partial charge in [-0.25, -0.2) is 0 Å². The number of hydrogen-bond acceptors (Lipinski definition) is 5. The molecular weight excluding hydrogens is 340 g/mol. The highest BCUT2D eigenvalue weighted by atomic mass is 16.5. The van der Waals surface area contributed by atoms with E-state index in [2.05, 4.69) is 28.1 Å². The third kappa shape index (κ3) is 4.49. The molecule has 1 aliphatic carbocycles. The lowest BCUT2D eigenvalue weighted by Gasteiger charge is -2.39. The number of rotatable bonds is 7. The van der Waals surface area contributed by atoms with Crippen molar-refractivity contribution >= 4 is 0 Å². The molecule has 2 heterocycles. The summed E-state index contributed by atoms with van der Waals surface area (Å²) in [5, 5.41) is 0. The van der Waals surface area contributed by atoms with Crippen molar-refractivity contribution in [1.82, 2.24) is 9.88 Å². The molecule has 4 rings (SSSR count). The average Bonchev–Trinajstić information content (AvgIpc) is 3.14. The van der Waals surface area contributed by atoms with Crippen LogP contribution in [0.2, 0.25) is 0 Å². The number of fused-ring (bicyclic) bond motifs is 1. The number of ether oxygens (including phenoxy) is 3. The number of aromatic nitrogens is 1. The van der Waals surface area contributed by atoms with Crippen molar-refractivity contribution in [3.8, 4) is 5.75 Å². The Morgan fingerprint density at radius 3 is 2.81 bits per heavy atom. The van der Waals surface area contributed by atoms with E-state index < -0.39 is 0 Å². The molecule has 1 aromatic heterocycles.